The summed E-state index contributed by atoms with van der Waals surface area (Å²) in [6.45, 7) is 1.57. The van der Waals surface area contributed by atoms with Crippen LogP contribution < -0.4 is 4.72 Å². The van der Waals surface area contributed by atoms with Gasteiger partial charge in [0.15, 0.2) is 5.82 Å². The number of aryl methyl sites for hydroxylation is 1. The SMILES string of the molecule is Cc1ccc(C(=O)O)cc1S(=O)(=O)Nc1ncccc1Cl. The molecule has 2 aromatic rings. The Bertz CT molecular complexity index is 806. The monoisotopic (exact) mass is 326 g/mol. The number of pyridine rings is 1. The zero-order chi connectivity index (χ0) is 15.6. The van der Waals surface area contributed by atoms with Crippen molar-refractivity contribution in [2.45, 2.75) is 11.8 Å². The van der Waals surface area contributed by atoms with E-state index in [1.165, 1.54) is 24.4 Å². The summed E-state index contributed by atoms with van der Waals surface area (Å²) in [6.07, 6.45) is 1.39. The molecule has 0 aliphatic rings. The van der Waals surface area contributed by atoms with Gasteiger partial charge < -0.3 is 5.11 Å². The van der Waals surface area contributed by atoms with Crippen molar-refractivity contribution in [3.63, 3.8) is 0 Å². The number of aromatic nitrogens is 1. The first-order chi connectivity index (χ1) is 9.81. The normalized spacial score (nSPS) is 11.1. The molecule has 110 valence electrons. The molecule has 0 radical (unpaired) electrons. The molecule has 21 heavy (non-hydrogen) atoms. The van der Waals surface area contributed by atoms with Crippen molar-refractivity contribution in [2.24, 2.45) is 0 Å². The average molecular weight is 327 g/mol. The Morgan fingerprint density at radius 3 is 2.67 bits per heavy atom. The van der Waals surface area contributed by atoms with Crippen LogP contribution in [0.2, 0.25) is 5.02 Å². The standard InChI is InChI=1S/C13H11ClN2O4S/c1-8-4-5-9(13(17)18)7-11(8)21(19,20)16-12-10(14)3-2-6-15-12/h2-7H,1H3,(H,15,16)(H,17,18). The smallest absolute Gasteiger partial charge is 0.335 e. The van der Waals surface area contributed by atoms with Crippen LogP contribution >= 0.6 is 11.6 Å². The Balaban J connectivity index is 2.47. The molecule has 0 amide bonds. The number of carboxylic acids is 1. The molecule has 0 unspecified atom stereocenters. The molecule has 2 rings (SSSR count). The van der Waals surface area contributed by atoms with Crippen LogP contribution in [0.15, 0.2) is 41.4 Å². The number of nitrogens with zero attached hydrogens (tertiary/aromatic N) is 1. The van der Waals surface area contributed by atoms with E-state index >= 15 is 0 Å². The van der Waals surface area contributed by atoms with Crippen LogP contribution in [-0.2, 0) is 10.0 Å². The van der Waals surface area contributed by atoms with Crippen LogP contribution in [0.4, 0.5) is 5.82 Å². The van der Waals surface area contributed by atoms with Crippen LogP contribution in [0.5, 0.6) is 0 Å². The molecule has 0 bridgehead atoms. The van der Waals surface area contributed by atoms with Crippen molar-refractivity contribution < 1.29 is 18.3 Å². The molecule has 6 nitrogen and oxygen atoms in total. The molecule has 1 aromatic heterocycles. The second-order valence-electron chi connectivity index (χ2n) is 4.22. The fraction of sp³-hybridized carbons (Fsp3) is 0.0769. The molecule has 1 aromatic carbocycles. The fourth-order valence-corrected chi connectivity index (χ4v) is 3.19. The maximum absolute atomic E-state index is 12.3. The summed E-state index contributed by atoms with van der Waals surface area (Å²) in [5.41, 5.74) is 0.299. The number of halogens is 1. The highest BCUT2D eigenvalue weighted by Gasteiger charge is 2.20. The largest absolute Gasteiger partial charge is 0.478 e. The molecule has 0 aliphatic carbocycles. The lowest BCUT2D eigenvalue weighted by molar-refractivity contribution is 0.0696. The number of anilines is 1. The number of aromatic carboxylic acids is 1. The Morgan fingerprint density at radius 2 is 2.05 bits per heavy atom. The summed E-state index contributed by atoms with van der Waals surface area (Å²) in [5, 5.41) is 9.10. The van der Waals surface area contributed by atoms with E-state index in [0.717, 1.165) is 6.07 Å². The van der Waals surface area contributed by atoms with Crippen molar-refractivity contribution in [1.82, 2.24) is 4.98 Å². The number of hydrogen-bond acceptors (Lipinski definition) is 4. The Kier molecular flexibility index (Phi) is 4.15. The summed E-state index contributed by atoms with van der Waals surface area (Å²) in [4.78, 5) is 14.7. The molecule has 0 aliphatic heterocycles. The van der Waals surface area contributed by atoms with E-state index in [2.05, 4.69) is 9.71 Å². The molecule has 0 saturated carbocycles. The predicted octanol–water partition coefficient (Wildman–Crippen LogP) is 2.54. The van der Waals surface area contributed by atoms with Gasteiger partial charge in [-0.1, -0.05) is 17.7 Å². The third-order valence-electron chi connectivity index (χ3n) is 2.71. The number of nitrogens with one attached hydrogen (secondary N) is 1. The molecule has 1 heterocycles. The topological polar surface area (TPSA) is 96.4 Å². The van der Waals surface area contributed by atoms with E-state index in [9.17, 15) is 13.2 Å². The van der Waals surface area contributed by atoms with Gasteiger partial charge in [-0.05, 0) is 36.8 Å². The van der Waals surface area contributed by atoms with Gasteiger partial charge in [-0.2, -0.15) is 0 Å². The predicted molar refractivity (Wildman–Crippen MR) is 78.2 cm³/mol. The van der Waals surface area contributed by atoms with Gasteiger partial charge in [0.2, 0.25) is 0 Å². The number of carboxylic acid groups (broad SMARTS) is 1. The summed E-state index contributed by atoms with van der Waals surface area (Å²) >= 11 is 5.86. The number of rotatable bonds is 4. The van der Waals surface area contributed by atoms with Gasteiger partial charge in [0.05, 0.1) is 15.5 Å². The molecular weight excluding hydrogens is 316 g/mol. The lowest BCUT2D eigenvalue weighted by Gasteiger charge is -2.11. The summed E-state index contributed by atoms with van der Waals surface area (Å²) in [6, 6.07) is 6.92. The van der Waals surface area contributed by atoms with E-state index < -0.39 is 16.0 Å². The van der Waals surface area contributed by atoms with Gasteiger partial charge in [0, 0.05) is 6.20 Å². The Labute approximate surface area is 126 Å². The van der Waals surface area contributed by atoms with Crippen molar-refractivity contribution in [2.75, 3.05) is 4.72 Å². The third-order valence-corrected chi connectivity index (χ3v) is 4.50. The Hall–Kier alpha value is -2.12. The number of sulfonamides is 1. The fourth-order valence-electron chi connectivity index (χ4n) is 1.67. The van der Waals surface area contributed by atoms with Crippen LogP contribution in [0, 0.1) is 6.92 Å². The van der Waals surface area contributed by atoms with E-state index in [1.54, 1.807) is 13.0 Å². The van der Waals surface area contributed by atoms with Crippen molar-refractivity contribution in [3.8, 4) is 0 Å². The Morgan fingerprint density at radius 1 is 1.33 bits per heavy atom. The minimum absolute atomic E-state index is 0.0145. The molecule has 8 heteroatoms. The van der Waals surface area contributed by atoms with Crippen LogP contribution in [0.25, 0.3) is 0 Å². The van der Waals surface area contributed by atoms with E-state index in [0.29, 0.717) is 5.56 Å². The lowest BCUT2D eigenvalue weighted by Crippen LogP contribution is -2.16. The van der Waals surface area contributed by atoms with Crippen LogP contribution in [0.3, 0.4) is 0 Å². The highest BCUT2D eigenvalue weighted by Crippen LogP contribution is 2.24. The zero-order valence-electron chi connectivity index (χ0n) is 10.9. The number of hydrogen-bond donors (Lipinski definition) is 2. The highest BCUT2D eigenvalue weighted by atomic mass is 35.5. The van der Waals surface area contributed by atoms with Gasteiger partial charge in [-0.25, -0.2) is 18.2 Å². The van der Waals surface area contributed by atoms with E-state index in [1.807, 2.05) is 0 Å². The summed E-state index contributed by atoms with van der Waals surface area (Å²) in [7, 11) is -3.98. The molecule has 0 fully saturated rings. The van der Waals surface area contributed by atoms with Gasteiger partial charge in [-0.3, -0.25) is 4.72 Å². The first kappa shape index (κ1) is 15.3. The molecule has 0 atom stereocenters. The summed E-state index contributed by atoms with van der Waals surface area (Å²) < 4.78 is 26.9. The minimum atomic E-state index is -3.98. The summed E-state index contributed by atoms with van der Waals surface area (Å²) in [5.74, 6) is -1.22. The van der Waals surface area contributed by atoms with E-state index in [-0.39, 0.29) is 21.3 Å². The third kappa shape index (κ3) is 3.32. The van der Waals surface area contributed by atoms with Crippen LogP contribution in [-0.4, -0.2) is 24.5 Å². The van der Waals surface area contributed by atoms with Crippen molar-refractivity contribution in [3.05, 3.63) is 52.7 Å². The quantitative estimate of drug-likeness (QED) is 0.900. The first-order valence-corrected chi connectivity index (χ1v) is 7.64. The van der Waals surface area contributed by atoms with Crippen molar-refractivity contribution in [1.29, 1.82) is 0 Å². The maximum atomic E-state index is 12.3. The second-order valence-corrected chi connectivity index (χ2v) is 6.28. The average Bonchev–Trinajstić information content (AvgIpc) is 2.41. The van der Waals surface area contributed by atoms with Gasteiger partial charge in [-0.15, -0.1) is 0 Å². The van der Waals surface area contributed by atoms with E-state index in [4.69, 9.17) is 16.7 Å². The highest BCUT2D eigenvalue weighted by molar-refractivity contribution is 7.92. The molecular formula is C13H11ClN2O4S. The molecule has 0 saturated heterocycles. The number of benzene rings is 1. The van der Waals surface area contributed by atoms with Crippen molar-refractivity contribution >= 4 is 33.4 Å². The van der Waals surface area contributed by atoms with Crippen LogP contribution in [0.1, 0.15) is 15.9 Å². The van der Waals surface area contributed by atoms with Gasteiger partial charge in [0.25, 0.3) is 10.0 Å². The minimum Gasteiger partial charge on any atom is -0.478 e. The zero-order valence-corrected chi connectivity index (χ0v) is 12.4. The second kappa shape index (κ2) is 5.71. The molecule has 2 N–H and O–H groups in total. The maximum Gasteiger partial charge on any atom is 0.335 e. The molecule has 0 spiro atoms. The first-order valence-electron chi connectivity index (χ1n) is 5.78. The number of carbonyl (C=O) groups is 1. The lowest BCUT2D eigenvalue weighted by atomic mass is 10.1. The van der Waals surface area contributed by atoms with Gasteiger partial charge >= 0.3 is 5.97 Å². The van der Waals surface area contributed by atoms with Gasteiger partial charge in [0.1, 0.15) is 0 Å².